The van der Waals surface area contributed by atoms with Gasteiger partial charge >= 0.3 is 0 Å². The summed E-state index contributed by atoms with van der Waals surface area (Å²) >= 11 is 0. The van der Waals surface area contributed by atoms with Gasteiger partial charge in [-0.25, -0.2) is 0 Å². The van der Waals surface area contributed by atoms with Crippen LogP contribution in [0.2, 0.25) is 0 Å². The maximum Gasteiger partial charge on any atom is 0.206 e. The van der Waals surface area contributed by atoms with E-state index in [0.29, 0.717) is 0 Å². The van der Waals surface area contributed by atoms with Crippen molar-refractivity contribution in [3.05, 3.63) is 0 Å². The summed E-state index contributed by atoms with van der Waals surface area (Å²) in [6.45, 7) is 0. The number of phenolic OH excluding ortho intramolecular Hbond substituents is 8. The molecule has 0 bridgehead atoms. The van der Waals surface area contributed by atoms with Crippen LogP contribution < -0.4 is 0 Å². The molecule has 0 radical (unpaired) electrons. The Morgan fingerprint density at radius 2 is 0.667 bits per heavy atom. The van der Waals surface area contributed by atoms with Crippen LogP contribution in [-0.2, 0) is 0 Å². The van der Waals surface area contributed by atoms with Gasteiger partial charge in [0.2, 0.25) is 23.0 Å². The smallest absolute Gasteiger partial charge is 0.206 e. The molecule has 2 aromatic carbocycles. The molecule has 0 aliphatic rings. The third kappa shape index (κ3) is 1.29. The van der Waals surface area contributed by atoms with Crippen LogP contribution in [0.1, 0.15) is 0 Å². The van der Waals surface area contributed by atoms with Gasteiger partial charge in [0.05, 0.1) is 21.8 Å². The number of aromatic nitrogens is 1. The van der Waals surface area contributed by atoms with Gasteiger partial charge in [0.15, 0.2) is 23.0 Å². The second kappa shape index (κ2) is 3.60. The van der Waals surface area contributed by atoms with E-state index in [0.717, 1.165) is 0 Å². The van der Waals surface area contributed by atoms with Gasteiger partial charge in [-0.1, -0.05) is 0 Å². The molecule has 0 aliphatic heterocycles. The quantitative estimate of drug-likeness (QED) is 0.217. The molecule has 0 saturated carbocycles. The molecule has 0 fully saturated rings. The van der Waals surface area contributed by atoms with Crippen LogP contribution >= 0.6 is 0 Å². The lowest BCUT2D eigenvalue weighted by Gasteiger charge is -2.07. The first-order valence-electron chi connectivity index (χ1n) is 5.54. The number of fused-ring (bicyclic) bond motifs is 3. The Balaban J connectivity index is 2.73. The van der Waals surface area contributed by atoms with Crippen LogP contribution in [0, 0.1) is 0 Å². The fourth-order valence-electron chi connectivity index (χ4n) is 2.25. The Labute approximate surface area is 114 Å². The largest absolute Gasteiger partial charge is 0.504 e. The van der Waals surface area contributed by atoms with E-state index in [4.69, 9.17) is 0 Å². The molecule has 110 valence electrons. The molecule has 9 heteroatoms. The number of hydrogen-bond acceptors (Lipinski definition) is 8. The van der Waals surface area contributed by atoms with Crippen LogP contribution in [0.15, 0.2) is 0 Å². The topological polar surface area (TPSA) is 178 Å². The fourth-order valence-corrected chi connectivity index (χ4v) is 2.25. The summed E-state index contributed by atoms with van der Waals surface area (Å²) in [6.07, 6.45) is 0. The van der Waals surface area contributed by atoms with E-state index in [1.807, 2.05) is 0 Å². The van der Waals surface area contributed by atoms with Crippen molar-refractivity contribution in [3.63, 3.8) is 0 Å². The Kier molecular flexibility index (Phi) is 2.17. The number of benzene rings is 2. The van der Waals surface area contributed by atoms with E-state index in [9.17, 15) is 40.9 Å². The molecule has 3 aromatic rings. The van der Waals surface area contributed by atoms with Gasteiger partial charge < -0.3 is 45.8 Å². The van der Waals surface area contributed by atoms with E-state index >= 15 is 0 Å². The monoisotopic (exact) mass is 295 g/mol. The molecule has 0 saturated heterocycles. The molecular formula is C12H9NO8. The normalized spacial score (nSPS) is 11.4. The van der Waals surface area contributed by atoms with E-state index in [1.165, 1.54) is 0 Å². The van der Waals surface area contributed by atoms with Crippen molar-refractivity contribution < 1.29 is 40.9 Å². The summed E-state index contributed by atoms with van der Waals surface area (Å²) in [5.41, 5.74) is -0.651. The number of H-pyrrole nitrogens is 1. The van der Waals surface area contributed by atoms with Crippen LogP contribution in [0.4, 0.5) is 0 Å². The molecule has 21 heavy (non-hydrogen) atoms. The van der Waals surface area contributed by atoms with E-state index in [1.54, 1.807) is 0 Å². The Morgan fingerprint density at radius 3 is 1.00 bits per heavy atom. The lowest BCUT2D eigenvalue weighted by molar-refractivity contribution is 0.350. The number of aromatic amines is 1. The highest BCUT2D eigenvalue weighted by Crippen LogP contribution is 2.56. The maximum atomic E-state index is 9.85. The zero-order valence-corrected chi connectivity index (χ0v) is 10.1. The lowest BCUT2D eigenvalue weighted by Crippen LogP contribution is -1.78. The highest BCUT2D eigenvalue weighted by atomic mass is 16.4. The summed E-state index contributed by atoms with van der Waals surface area (Å²) in [6, 6.07) is 0. The zero-order valence-electron chi connectivity index (χ0n) is 10.1. The molecule has 1 heterocycles. The van der Waals surface area contributed by atoms with Gasteiger partial charge in [0, 0.05) is 0 Å². The van der Waals surface area contributed by atoms with Gasteiger partial charge in [0.25, 0.3) is 0 Å². The summed E-state index contributed by atoms with van der Waals surface area (Å²) in [7, 11) is 0. The molecule has 0 unspecified atom stereocenters. The first-order chi connectivity index (χ1) is 9.77. The number of phenols is 8. The number of hydrogen-bond donors (Lipinski definition) is 9. The fraction of sp³-hybridized carbons (Fsp3) is 0. The molecule has 1 aromatic heterocycles. The third-order valence-corrected chi connectivity index (χ3v) is 3.29. The predicted octanol–water partition coefficient (Wildman–Crippen LogP) is 0.966. The molecular weight excluding hydrogens is 286 g/mol. The van der Waals surface area contributed by atoms with E-state index < -0.39 is 46.0 Å². The van der Waals surface area contributed by atoms with Crippen molar-refractivity contribution in [2.45, 2.75) is 0 Å². The summed E-state index contributed by atoms with van der Waals surface area (Å²) in [5.74, 6) is -7.63. The summed E-state index contributed by atoms with van der Waals surface area (Å²) < 4.78 is 0. The van der Waals surface area contributed by atoms with Gasteiger partial charge in [-0.3, -0.25) is 0 Å². The average molecular weight is 295 g/mol. The molecule has 0 atom stereocenters. The Bertz CT molecular complexity index is 853. The minimum atomic E-state index is -1.05. The molecule has 3 rings (SSSR count). The van der Waals surface area contributed by atoms with Crippen molar-refractivity contribution in [1.29, 1.82) is 0 Å². The van der Waals surface area contributed by atoms with Crippen molar-refractivity contribution >= 4 is 21.8 Å². The minimum Gasteiger partial charge on any atom is -0.504 e. The van der Waals surface area contributed by atoms with Crippen LogP contribution in [0.3, 0.4) is 0 Å². The third-order valence-electron chi connectivity index (χ3n) is 3.29. The van der Waals surface area contributed by atoms with Crippen molar-refractivity contribution in [2.24, 2.45) is 0 Å². The van der Waals surface area contributed by atoms with Crippen LogP contribution in [0.25, 0.3) is 21.8 Å². The second-order valence-electron chi connectivity index (χ2n) is 4.41. The van der Waals surface area contributed by atoms with Crippen LogP contribution in [0.5, 0.6) is 46.0 Å². The Hall–Kier alpha value is -3.36. The Morgan fingerprint density at radius 1 is 0.381 bits per heavy atom. The number of rotatable bonds is 0. The van der Waals surface area contributed by atoms with Crippen molar-refractivity contribution in [3.8, 4) is 46.0 Å². The first kappa shape index (κ1) is 12.7. The van der Waals surface area contributed by atoms with E-state index in [-0.39, 0.29) is 21.8 Å². The average Bonchev–Trinajstić information content (AvgIpc) is 2.87. The molecule has 9 nitrogen and oxygen atoms in total. The van der Waals surface area contributed by atoms with Crippen LogP contribution in [-0.4, -0.2) is 45.8 Å². The van der Waals surface area contributed by atoms with E-state index in [2.05, 4.69) is 4.98 Å². The number of aromatic hydroxyl groups is 8. The predicted molar refractivity (Wildman–Crippen MR) is 69.1 cm³/mol. The molecule has 0 spiro atoms. The van der Waals surface area contributed by atoms with Crippen molar-refractivity contribution in [2.75, 3.05) is 0 Å². The molecule has 9 N–H and O–H groups in total. The summed E-state index contributed by atoms with van der Waals surface area (Å²) in [4.78, 5) is 2.37. The van der Waals surface area contributed by atoms with Gasteiger partial charge in [-0.05, 0) is 0 Å². The molecule has 0 amide bonds. The van der Waals surface area contributed by atoms with Gasteiger partial charge in [0.1, 0.15) is 0 Å². The van der Waals surface area contributed by atoms with Crippen molar-refractivity contribution in [1.82, 2.24) is 4.98 Å². The first-order valence-corrected chi connectivity index (χ1v) is 5.54. The van der Waals surface area contributed by atoms with Gasteiger partial charge in [-0.15, -0.1) is 0 Å². The lowest BCUT2D eigenvalue weighted by atomic mass is 10.1. The summed E-state index contributed by atoms with van der Waals surface area (Å²) in [5, 5.41) is 76.4. The highest BCUT2D eigenvalue weighted by Gasteiger charge is 2.28. The highest BCUT2D eigenvalue weighted by molar-refractivity contribution is 6.19. The number of nitrogens with one attached hydrogen (secondary N) is 1. The zero-order chi connectivity index (χ0) is 15.6. The molecule has 0 aliphatic carbocycles. The maximum absolute atomic E-state index is 9.85. The standard InChI is InChI=1S/C12H9NO8/c14-5-1-2-4(8(17)12(21)10(19)6(2)15)13-3(1)7(16)11(20)9(5)18/h13-21H. The minimum absolute atomic E-state index is 0.326. The SMILES string of the molecule is Oc1c(O)c(O)c2c([nH]c3c(O)c(O)c(O)c(O)c32)c1O. The second-order valence-corrected chi connectivity index (χ2v) is 4.41. The van der Waals surface area contributed by atoms with Gasteiger partial charge in [-0.2, -0.15) is 0 Å².